The molecule has 2 aromatic rings. The Labute approximate surface area is 110 Å². The van der Waals surface area contributed by atoms with Crippen LogP contribution >= 0.6 is 11.3 Å². The Balaban J connectivity index is 2.64. The maximum absolute atomic E-state index is 12.2. The van der Waals surface area contributed by atoms with Gasteiger partial charge in [-0.05, 0) is 12.5 Å². The Hall–Kier alpha value is -2.26. The molecule has 0 saturated carbocycles. The summed E-state index contributed by atoms with van der Waals surface area (Å²) in [5.74, 6) is 3.29. The number of rotatable bonds is 3. The van der Waals surface area contributed by atoms with Gasteiger partial charge in [-0.1, -0.05) is 0 Å². The fourth-order valence-corrected chi connectivity index (χ4v) is 2.65. The van der Waals surface area contributed by atoms with Crippen LogP contribution in [0, 0.1) is 6.92 Å². The van der Waals surface area contributed by atoms with Crippen LogP contribution in [0.15, 0.2) is 11.1 Å². The molecule has 0 radical (unpaired) electrons. The van der Waals surface area contributed by atoms with Crippen molar-refractivity contribution < 1.29 is 14.7 Å². The molecular weight excluding hydrogens is 272 g/mol. The zero-order valence-corrected chi connectivity index (χ0v) is 10.7. The highest BCUT2D eigenvalue weighted by Crippen LogP contribution is 2.26. The summed E-state index contributed by atoms with van der Waals surface area (Å²) < 4.78 is 1.08. The number of carbonyl (C=O) groups excluding carboxylic acids is 1. The molecule has 0 aliphatic heterocycles. The summed E-state index contributed by atoms with van der Waals surface area (Å²) >= 11 is 0.930. The van der Waals surface area contributed by atoms with Crippen LogP contribution in [0.4, 0.5) is 0 Å². The Kier molecular flexibility index (Phi) is 3.32. The molecule has 0 aliphatic carbocycles. The molecular formula is C10H10N4O4S. The number of aryl methyl sites for hydroxylation is 1. The molecule has 0 spiro atoms. The second-order valence-electron chi connectivity index (χ2n) is 3.79. The summed E-state index contributed by atoms with van der Waals surface area (Å²) in [7, 11) is 0. The lowest BCUT2D eigenvalue weighted by Crippen LogP contribution is -2.36. The fraction of sp³-hybridized carbons (Fsp3) is 0.200. The van der Waals surface area contributed by atoms with E-state index in [1.54, 1.807) is 6.92 Å². The van der Waals surface area contributed by atoms with Gasteiger partial charge in [-0.15, -0.1) is 11.3 Å². The van der Waals surface area contributed by atoms with Crippen LogP contribution in [0.3, 0.4) is 0 Å². The van der Waals surface area contributed by atoms with Gasteiger partial charge in [0.05, 0.1) is 11.7 Å². The quantitative estimate of drug-likeness (QED) is 0.394. The zero-order chi connectivity index (χ0) is 14.2. The number of hydrogen-bond acceptors (Lipinski definition) is 6. The van der Waals surface area contributed by atoms with Gasteiger partial charge in [0.15, 0.2) is 0 Å². The van der Waals surface area contributed by atoms with Gasteiger partial charge in [0, 0.05) is 0 Å². The van der Waals surface area contributed by atoms with Crippen molar-refractivity contribution in [1.29, 1.82) is 0 Å². The number of carboxylic acids is 1. The minimum Gasteiger partial charge on any atom is -0.477 e. The average Bonchev–Trinajstić information content (AvgIpc) is 2.71. The highest BCUT2D eigenvalue weighted by atomic mass is 32.1. The fourth-order valence-electron chi connectivity index (χ4n) is 1.68. The predicted molar refractivity (Wildman–Crippen MR) is 67.9 cm³/mol. The maximum atomic E-state index is 12.2. The third kappa shape index (κ3) is 2.20. The molecule has 0 bridgehead atoms. The summed E-state index contributed by atoms with van der Waals surface area (Å²) in [5.41, 5.74) is 1.80. The number of carboxylic acid groups (broad SMARTS) is 1. The predicted octanol–water partition coefficient (Wildman–Crippen LogP) is -0.545. The first kappa shape index (κ1) is 13.2. The largest absolute Gasteiger partial charge is 0.477 e. The lowest BCUT2D eigenvalue weighted by molar-refractivity contribution is -0.121. The van der Waals surface area contributed by atoms with Gasteiger partial charge in [0.1, 0.15) is 16.3 Å². The zero-order valence-electron chi connectivity index (χ0n) is 9.84. The normalized spacial score (nSPS) is 10.6. The van der Waals surface area contributed by atoms with Crippen molar-refractivity contribution in [2.75, 3.05) is 0 Å². The molecule has 1 amide bonds. The first-order valence-electron chi connectivity index (χ1n) is 5.17. The molecule has 0 aliphatic rings. The van der Waals surface area contributed by atoms with Crippen LogP contribution in [-0.2, 0) is 11.3 Å². The van der Waals surface area contributed by atoms with Crippen LogP contribution in [0.5, 0.6) is 0 Å². The molecule has 0 aromatic carbocycles. The van der Waals surface area contributed by atoms with E-state index in [1.807, 2.05) is 5.43 Å². The van der Waals surface area contributed by atoms with Gasteiger partial charge in [-0.3, -0.25) is 19.6 Å². The van der Waals surface area contributed by atoms with E-state index in [0.717, 1.165) is 15.9 Å². The second-order valence-corrected chi connectivity index (χ2v) is 4.79. The number of hydrazine groups is 1. The van der Waals surface area contributed by atoms with E-state index in [-0.39, 0.29) is 16.8 Å². The first-order chi connectivity index (χ1) is 8.95. The number of hydrogen-bond donors (Lipinski definition) is 3. The van der Waals surface area contributed by atoms with Crippen molar-refractivity contribution >= 4 is 33.4 Å². The summed E-state index contributed by atoms with van der Waals surface area (Å²) in [5, 5.41) is 9.22. The molecule has 0 saturated heterocycles. The molecule has 19 heavy (non-hydrogen) atoms. The number of nitrogens with two attached hydrogens (primary N) is 1. The number of fused-ring (bicyclic) bond motifs is 1. The molecule has 4 N–H and O–H groups in total. The lowest BCUT2D eigenvalue weighted by Gasteiger charge is -2.03. The summed E-state index contributed by atoms with van der Waals surface area (Å²) in [6.07, 6.45) is 1.20. The van der Waals surface area contributed by atoms with Gasteiger partial charge in [-0.2, -0.15) is 0 Å². The summed E-state index contributed by atoms with van der Waals surface area (Å²) in [6, 6.07) is 0. The van der Waals surface area contributed by atoms with E-state index < -0.39 is 17.4 Å². The van der Waals surface area contributed by atoms with Crippen molar-refractivity contribution in [3.05, 3.63) is 27.1 Å². The number of thiophene rings is 1. The van der Waals surface area contributed by atoms with E-state index in [1.165, 1.54) is 6.33 Å². The van der Waals surface area contributed by atoms with Crippen molar-refractivity contribution in [3.63, 3.8) is 0 Å². The molecule has 2 heterocycles. The summed E-state index contributed by atoms with van der Waals surface area (Å²) in [6.45, 7) is 1.27. The standard InChI is InChI=1S/C10H10N4O4S/c1-4-6-8(19-7(4)10(17)18)12-3-14(9(6)16)2-5(15)13-11/h3H,2,11H2,1H3,(H,13,15)(H,17,18). The lowest BCUT2D eigenvalue weighted by atomic mass is 10.2. The number of aromatic carboxylic acids is 1. The van der Waals surface area contributed by atoms with Gasteiger partial charge in [0.2, 0.25) is 0 Å². The Morgan fingerprint density at radius 2 is 2.26 bits per heavy atom. The molecule has 0 atom stereocenters. The second kappa shape index (κ2) is 4.78. The van der Waals surface area contributed by atoms with Crippen molar-refractivity contribution in [1.82, 2.24) is 15.0 Å². The number of amides is 1. The molecule has 100 valence electrons. The molecule has 0 fully saturated rings. The van der Waals surface area contributed by atoms with E-state index in [9.17, 15) is 14.4 Å². The van der Waals surface area contributed by atoms with E-state index in [4.69, 9.17) is 10.9 Å². The average molecular weight is 282 g/mol. The van der Waals surface area contributed by atoms with Gasteiger partial charge in [0.25, 0.3) is 11.5 Å². The van der Waals surface area contributed by atoms with Gasteiger partial charge < -0.3 is 5.11 Å². The smallest absolute Gasteiger partial charge is 0.346 e. The third-order valence-electron chi connectivity index (χ3n) is 2.59. The monoisotopic (exact) mass is 282 g/mol. The first-order valence-corrected chi connectivity index (χ1v) is 5.98. The van der Waals surface area contributed by atoms with Crippen LogP contribution in [0.1, 0.15) is 15.2 Å². The number of nitrogens with zero attached hydrogens (tertiary/aromatic N) is 2. The number of aromatic nitrogens is 2. The Bertz CT molecular complexity index is 733. The third-order valence-corrected chi connectivity index (χ3v) is 3.77. The van der Waals surface area contributed by atoms with Gasteiger partial charge >= 0.3 is 5.97 Å². The molecule has 8 nitrogen and oxygen atoms in total. The van der Waals surface area contributed by atoms with E-state index >= 15 is 0 Å². The van der Waals surface area contributed by atoms with Crippen molar-refractivity contribution in [2.24, 2.45) is 5.84 Å². The van der Waals surface area contributed by atoms with Crippen molar-refractivity contribution in [2.45, 2.75) is 13.5 Å². The number of carbonyl (C=O) groups is 2. The van der Waals surface area contributed by atoms with Crippen LogP contribution in [-0.4, -0.2) is 26.5 Å². The Morgan fingerprint density at radius 3 is 2.84 bits per heavy atom. The highest BCUT2D eigenvalue weighted by molar-refractivity contribution is 7.20. The van der Waals surface area contributed by atoms with Crippen LogP contribution in [0.25, 0.3) is 10.2 Å². The minimum atomic E-state index is -1.11. The number of nitrogens with one attached hydrogen (secondary N) is 1. The summed E-state index contributed by atoms with van der Waals surface area (Å²) in [4.78, 5) is 38.7. The molecule has 2 rings (SSSR count). The molecule has 9 heteroatoms. The molecule has 0 unspecified atom stereocenters. The van der Waals surface area contributed by atoms with Gasteiger partial charge in [-0.25, -0.2) is 15.6 Å². The maximum Gasteiger partial charge on any atom is 0.346 e. The molecule has 2 aromatic heterocycles. The van der Waals surface area contributed by atoms with E-state index in [2.05, 4.69) is 4.98 Å². The minimum absolute atomic E-state index is 0.0700. The topological polar surface area (TPSA) is 127 Å². The van der Waals surface area contributed by atoms with E-state index in [0.29, 0.717) is 10.4 Å². The Morgan fingerprint density at radius 1 is 1.58 bits per heavy atom. The SMILES string of the molecule is Cc1c(C(=O)O)sc2ncn(CC(=O)NN)c(=O)c12. The van der Waals surface area contributed by atoms with Crippen LogP contribution in [0.2, 0.25) is 0 Å². The van der Waals surface area contributed by atoms with Crippen LogP contribution < -0.4 is 16.8 Å². The van der Waals surface area contributed by atoms with Crippen molar-refractivity contribution in [3.8, 4) is 0 Å². The highest BCUT2D eigenvalue weighted by Gasteiger charge is 2.19.